The predicted octanol–water partition coefficient (Wildman–Crippen LogP) is 2.20. The Balaban J connectivity index is 1.81. The molecule has 2 rings (SSSR count). The average molecular weight is 437 g/mol. The third kappa shape index (κ3) is 6.58. The Morgan fingerprint density at radius 3 is 2.31 bits per heavy atom. The summed E-state index contributed by atoms with van der Waals surface area (Å²) in [6, 6.07) is 7.78. The number of hydrogen-bond acceptors (Lipinski definition) is 4. The van der Waals surface area contributed by atoms with Gasteiger partial charge in [0.25, 0.3) is 0 Å². The third-order valence-electron chi connectivity index (χ3n) is 4.61. The zero-order valence-electron chi connectivity index (χ0n) is 16.5. The van der Waals surface area contributed by atoms with E-state index in [1.165, 1.54) is 0 Å². The molecule has 164 valence electrons. The Hall–Kier alpha value is -1.85. The highest BCUT2D eigenvalue weighted by Crippen LogP contribution is 2.28. The molecule has 0 radical (unpaired) electrons. The van der Waals surface area contributed by atoms with E-state index in [9.17, 15) is 21.6 Å². The number of nitrogens with zero attached hydrogens (tertiary/aromatic N) is 2. The van der Waals surface area contributed by atoms with Crippen LogP contribution in [0.2, 0.25) is 0 Å². The molecule has 29 heavy (non-hydrogen) atoms. The summed E-state index contributed by atoms with van der Waals surface area (Å²) in [4.78, 5) is 4.12. The van der Waals surface area contributed by atoms with Gasteiger partial charge in [-0.2, -0.15) is 17.5 Å². The maximum absolute atomic E-state index is 12.6. The lowest BCUT2D eigenvalue weighted by Gasteiger charge is -2.32. The molecule has 0 aliphatic carbocycles. The maximum atomic E-state index is 12.6. The zero-order valence-corrected chi connectivity index (χ0v) is 17.3. The Morgan fingerprint density at radius 1 is 1.21 bits per heavy atom. The number of halogens is 3. The first-order valence-corrected chi connectivity index (χ1v) is 10.8. The van der Waals surface area contributed by atoms with Crippen molar-refractivity contribution in [3.63, 3.8) is 0 Å². The molecular formula is C18H27F3N4O3S. The lowest BCUT2D eigenvalue weighted by Crippen LogP contribution is -2.51. The van der Waals surface area contributed by atoms with Gasteiger partial charge in [0.15, 0.2) is 5.96 Å². The van der Waals surface area contributed by atoms with Crippen molar-refractivity contribution in [2.45, 2.75) is 44.5 Å². The number of hydrogen-bond donors (Lipinski definition) is 2. The Labute approximate surface area is 169 Å². The van der Waals surface area contributed by atoms with Gasteiger partial charge < -0.3 is 15.4 Å². The molecule has 1 aliphatic rings. The number of rotatable bonds is 7. The number of ether oxygens (including phenoxy) is 1. The van der Waals surface area contributed by atoms with Crippen molar-refractivity contribution >= 4 is 16.0 Å². The van der Waals surface area contributed by atoms with Crippen molar-refractivity contribution in [3.05, 3.63) is 35.4 Å². The lowest BCUT2D eigenvalue weighted by atomic mass is 10.1. The number of nitrogens with one attached hydrogen (secondary N) is 2. The van der Waals surface area contributed by atoms with Crippen LogP contribution < -0.4 is 10.6 Å². The number of piperidine rings is 1. The molecule has 11 heteroatoms. The van der Waals surface area contributed by atoms with E-state index in [1.54, 1.807) is 7.05 Å². The van der Waals surface area contributed by atoms with Crippen LogP contribution in [0.25, 0.3) is 0 Å². The molecule has 0 unspecified atom stereocenters. The summed E-state index contributed by atoms with van der Waals surface area (Å²) in [5, 5.41) is 6.30. The molecule has 2 N–H and O–H groups in total. The predicted molar refractivity (Wildman–Crippen MR) is 105 cm³/mol. The van der Waals surface area contributed by atoms with Gasteiger partial charge in [-0.1, -0.05) is 24.3 Å². The molecule has 1 aromatic carbocycles. The van der Waals surface area contributed by atoms with Crippen LogP contribution in [0.4, 0.5) is 13.2 Å². The van der Waals surface area contributed by atoms with Crippen molar-refractivity contribution in [1.29, 1.82) is 0 Å². The molecule has 0 bridgehead atoms. The minimum absolute atomic E-state index is 0.158. The Kier molecular flexibility index (Phi) is 8.29. The van der Waals surface area contributed by atoms with Crippen LogP contribution in [0.3, 0.4) is 0 Å². The zero-order chi connectivity index (χ0) is 21.5. The first-order chi connectivity index (χ1) is 13.7. The summed E-state index contributed by atoms with van der Waals surface area (Å²) in [5.74, 6) is 0.514. The first-order valence-electron chi connectivity index (χ1n) is 9.36. The second-order valence-electron chi connectivity index (χ2n) is 6.65. The van der Waals surface area contributed by atoms with Gasteiger partial charge >= 0.3 is 15.5 Å². The number of guanidine groups is 1. The van der Waals surface area contributed by atoms with E-state index in [4.69, 9.17) is 4.74 Å². The van der Waals surface area contributed by atoms with E-state index in [1.807, 2.05) is 31.2 Å². The molecule has 0 spiro atoms. The standard InChI is InChI=1S/C18H27F3N4O3S/c1-3-28-13-15-6-4-14(5-7-15)12-23-17(22-2)24-16-8-10-25(11-9-16)29(26,27)18(19,20)21/h4-7,16H,3,8-13H2,1-2H3,(H2,22,23,24). The van der Waals surface area contributed by atoms with Crippen LogP contribution in [-0.4, -0.2) is 57.0 Å². The van der Waals surface area contributed by atoms with Gasteiger partial charge in [0.2, 0.25) is 0 Å². The van der Waals surface area contributed by atoms with Gasteiger partial charge in [-0.15, -0.1) is 0 Å². The highest BCUT2D eigenvalue weighted by molar-refractivity contribution is 7.90. The molecule has 0 saturated carbocycles. The molecule has 1 heterocycles. The number of alkyl halides is 3. The fourth-order valence-corrected chi connectivity index (χ4v) is 3.92. The molecule has 0 amide bonds. The van der Waals surface area contributed by atoms with Gasteiger partial charge in [0.1, 0.15) is 0 Å². The number of benzene rings is 1. The van der Waals surface area contributed by atoms with Crippen LogP contribution in [0.15, 0.2) is 29.3 Å². The smallest absolute Gasteiger partial charge is 0.377 e. The van der Waals surface area contributed by atoms with Gasteiger partial charge in [-0.05, 0) is 30.9 Å². The largest absolute Gasteiger partial charge is 0.511 e. The summed E-state index contributed by atoms with van der Waals surface area (Å²) in [6.07, 6.45) is 0.532. The second kappa shape index (κ2) is 10.3. The summed E-state index contributed by atoms with van der Waals surface area (Å²) in [7, 11) is -3.66. The highest BCUT2D eigenvalue weighted by atomic mass is 32.2. The second-order valence-corrected chi connectivity index (χ2v) is 8.58. The molecule has 1 aliphatic heterocycles. The normalized spacial score (nSPS) is 17.3. The molecule has 1 aromatic rings. The van der Waals surface area contributed by atoms with Crippen molar-refractivity contribution in [2.24, 2.45) is 4.99 Å². The summed E-state index contributed by atoms with van der Waals surface area (Å²) >= 11 is 0. The fraction of sp³-hybridized carbons (Fsp3) is 0.611. The minimum Gasteiger partial charge on any atom is -0.377 e. The molecule has 1 saturated heterocycles. The molecule has 7 nitrogen and oxygen atoms in total. The SMILES string of the molecule is CCOCc1ccc(CNC(=NC)NC2CCN(S(=O)(=O)C(F)(F)F)CC2)cc1. The topological polar surface area (TPSA) is 83.0 Å². The van der Waals surface area contributed by atoms with E-state index < -0.39 is 15.5 Å². The molecule has 0 aromatic heterocycles. The average Bonchev–Trinajstić information content (AvgIpc) is 2.69. The molecular weight excluding hydrogens is 409 g/mol. The number of sulfonamides is 1. The van der Waals surface area contributed by atoms with E-state index in [0.29, 0.717) is 30.0 Å². The number of aliphatic imine (C=N–C) groups is 1. The van der Waals surface area contributed by atoms with Crippen LogP contribution in [-0.2, 0) is 27.9 Å². The molecule has 1 fully saturated rings. The van der Waals surface area contributed by atoms with Gasteiger partial charge in [0.05, 0.1) is 6.61 Å². The van der Waals surface area contributed by atoms with Gasteiger partial charge in [-0.3, -0.25) is 4.99 Å². The van der Waals surface area contributed by atoms with E-state index in [-0.39, 0.29) is 32.0 Å². The van der Waals surface area contributed by atoms with Crippen molar-refractivity contribution in [3.8, 4) is 0 Å². The monoisotopic (exact) mass is 436 g/mol. The summed E-state index contributed by atoms with van der Waals surface area (Å²) < 4.78 is 66.7. The maximum Gasteiger partial charge on any atom is 0.511 e. The first kappa shape index (κ1) is 23.4. The lowest BCUT2D eigenvalue weighted by molar-refractivity contribution is -0.0494. The van der Waals surface area contributed by atoms with Crippen LogP contribution in [0.5, 0.6) is 0 Å². The van der Waals surface area contributed by atoms with E-state index in [0.717, 1.165) is 11.1 Å². The van der Waals surface area contributed by atoms with Gasteiger partial charge in [0, 0.05) is 39.3 Å². The van der Waals surface area contributed by atoms with Crippen molar-refractivity contribution in [1.82, 2.24) is 14.9 Å². The fourth-order valence-electron chi connectivity index (χ4n) is 2.93. The van der Waals surface area contributed by atoms with Crippen LogP contribution in [0.1, 0.15) is 30.9 Å². The molecule has 0 atom stereocenters. The van der Waals surface area contributed by atoms with Crippen molar-refractivity contribution in [2.75, 3.05) is 26.7 Å². The van der Waals surface area contributed by atoms with Crippen LogP contribution in [0, 0.1) is 0 Å². The Bertz CT molecular complexity index is 775. The summed E-state index contributed by atoms with van der Waals surface area (Å²) in [6.45, 7) is 3.32. The summed E-state index contributed by atoms with van der Waals surface area (Å²) in [5.41, 5.74) is -3.14. The quantitative estimate of drug-likeness (QED) is 0.506. The van der Waals surface area contributed by atoms with Crippen LogP contribution >= 0.6 is 0 Å². The Morgan fingerprint density at radius 2 is 1.79 bits per heavy atom. The van der Waals surface area contributed by atoms with E-state index >= 15 is 0 Å². The highest BCUT2D eigenvalue weighted by Gasteiger charge is 2.50. The van der Waals surface area contributed by atoms with Gasteiger partial charge in [-0.25, -0.2) is 8.42 Å². The van der Waals surface area contributed by atoms with Crippen molar-refractivity contribution < 1.29 is 26.3 Å². The minimum atomic E-state index is -5.26. The van der Waals surface area contributed by atoms with E-state index in [2.05, 4.69) is 15.6 Å². The third-order valence-corrected chi connectivity index (χ3v) is 6.24.